The standard InChI is InChI=1S/C24H38N4O4/c1-17(2)23(31)27-13-9-19(15-27)21(29)25-11-7-5-6-8-12-26-22(30)20-10-14-28(16-20)24(32)18(3)4/h19-20H,1,3,5-16H2,2,4H3,(H,25,29)(H,26,30). The molecule has 32 heavy (non-hydrogen) atoms. The van der Waals surface area contributed by atoms with Crippen LogP contribution in [-0.2, 0) is 19.2 Å². The first-order valence-electron chi connectivity index (χ1n) is 11.7. The summed E-state index contributed by atoms with van der Waals surface area (Å²) in [7, 11) is 0. The van der Waals surface area contributed by atoms with E-state index < -0.39 is 0 Å². The Kier molecular flexibility index (Phi) is 9.94. The first-order chi connectivity index (χ1) is 15.2. The van der Waals surface area contributed by atoms with E-state index in [0.29, 0.717) is 63.3 Å². The van der Waals surface area contributed by atoms with Gasteiger partial charge in [0.25, 0.3) is 0 Å². The number of nitrogens with one attached hydrogen (secondary N) is 2. The van der Waals surface area contributed by atoms with Crippen molar-refractivity contribution in [2.45, 2.75) is 52.4 Å². The summed E-state index contributed by atoms with van der Waals surface area (Å²) >= 11 is 0. The summed E-state index contributed by atoms with van der Waals surface area (Å²) in [6.07, 6.45) is 5.13. The fourth-order valence-electron chi connectivity index (χ4n) is 4.17. The molecule has 0 aliphatic carbocycles. The normalized spacial score (nSPS) is 20.2. The summed E-state index contributed by atoms with van der Waals surface area (Å²) in [5, 5.41) is 5.95. The summed E-state index contributed by atoms with van der Waals surface area (Å²) in [5.41, 5.74) is 1.01. The number of rotatable bonds is 11. The van der Waals surface area contributed by atoms with Gasteiger partial charge in [-0.25, -0.2) is 0 Å². The predicted molar refractivity (Wildman–Crippen MR) is 123 cm³/mol. The van der Waals surface area contributed by atoms with Gasteiger partial charge in [-0.2, -0.15) is 0 Å². The van der Waals surface area contributed by atoms with Crippen molar-refractivity contribution < 1.29 is 19.2 Å². The number of hydrogen-bond acceptors (Lipinski definition) is 4. The zero-order valence-electron chi connectivity index (χ0n) is 19.6. The fourth-order valence-corrected chi connectivity index (χ4v) is 4.17. The van der Waals surface area contributed by atoms with Gasteiger partial charge in [-0.05, 0) is 39.5 Å². The lowest BCUT2D eigenvalue weighted by Crippen LogP contribution is -2.35. The van der Waals surface area contributed by atoms with Crippen LogP contribution in [0.5, 0.6) is 0 Å². The molecule has 2 fully saturated rings. The number of likely N-dealkylation sites (tertiary alicyclic amines) is 2. The molecule has 8 nitrogen and oxygen atoms in total. The Morgan fingerprint density at radius 2 is 1.09 bits per heavy atom. The van der Waals surface area contributed by atoms with Crippen LogP contribution in [-0.4, -0.2) is 72.7 Å². The van der Waals surface area contributed by atoms with Gasteiger partial charge in [-0.1, -0.05) is 26.0 Å². The molecule has 0 aromatic heterocycles. The quantitative estimate of drug-likeness (QED) is 0.372. The van der Waals surface area contributed by atoms with Gasteiger partial charge in [0.15, 0.2) is 0 Å². The van der Waals surface area contributed by atoms with Crippen LogP contribution in [0.4, 0.5) is 0 Å². The molecule has 2 aliphatic heterocycles. The van der Waals surface area contributed by atoms with Crippen LogP contribution in [0.15, 0.2) is 24.3 Å². The molecule has 2 N–H and O–H groups in total. The molecule has 2 aliphatic rings. The largest absolute Gasteiger partial charge is 0.356 e. The van der Waals surface area contributed by atoms with Crippen molar-refractivity contribution in [3.05, 3.63) is 24.3 Å². The van der Waals surface area contributed by atoms with E-state index in [4.69, 9.17) is 0 Å². The van der Waals surface area contributed by atoms with Crippen LogP contribution in [0, 0.1) is 11.8 Å². The van der Waals surface area contributed by atoms with E-state index in [2.05, 4.69) is 23.8 Å². The maximum absolute atomic E-state index is 12.3. The van der Waals surface area contributed by atoms with E-state index in [1.807, 2.05) is 0 Å². The lowest BCUT2D eigenvalue weighted by Gasteiger charge is -2.16. The third-order valence-electron chi connectivity index (χ3n) is 6.12. The Morgan fingerprint density at radius 3 is 1.44 bits per heavy atom. The second-order valence-electron chi connectivity index (χ2n) is 9.03. The summed E-state index contributed by atoms with van der Waals surface area (Å²) in [4.78, 5) is 51.8. The van der Waals surface area contributed by atoms with Crippen LogP contribution in [0.2, 0.25) is 0 Å². The molecule has 0 aromatic rings. The van der Waals surface area contributed by atoms with E-state index in [1.165, 1.54) is 0 Å². The molecule has 2 unspecified atom stereocenters. The maximum atomic E-state index is 12.3. The number of amides is 4. The number of hydrogen-bond donors (Lipinski definition) is 2. The monoisotopic (exact) mass is 446 g/mol. The summed E-state index contributed by atoms with van der Waals surface area (Å²) < 4.78 is 0. The van der Waals surface area contributed by atoms with Gasteiger partial charge in [0.2, 0.25) is 23.6 Å². The van der Waals surface area contributed by atoms with Crippen molar-refractivity contribution >= 4 is 23.6 Å². The average molecular weight is 447 g/mol. The molecular formula is C24H38N4O4. The summed E-state index contributed by atoms with van der Waals surface area (Å²) in [6, 6.07) is 0. The highest BCUT2D eigenvalue weighted by atomic mass is 16.2. The minimum Gasteiger partial charge on any atom is -0.356 e. The summed E-state index contributed by atoms with van der Waals surface area (Å²) in [6.45, 7) is 14.1. The molecule has 2 saturated heterocycles. The molecule has 2 heterocycles. The van der Waals surface area contributed by atoms with E-state index in [9.17, 15) is 19.2 Å². The van der Waals surface area contributed by atoms with E-state index in [1.54, 1.807) is 23.6 Å². The molecule has 8 heteroatoms. The van der Waals surface area contributed by atoms with Crippen LogP contribution in [0.3, 0.4) is 0 Å². The average Bonchev–Trinajstić information content (AvgIpc) is 3.44. The molecule has 2 atom stereocenters. The topological polar surface area (TPSA) is 98.8 Å². The first kappa shape index (κ1) is 25.6. The molecule has 0 spiro atoms. The van der Waals surface area contributed by atoms with Gasteiger partial charge in [0.05, 0.1) is 11.8 Å². The minimum atomic E-state index is -0.134. The van der Waals surface area contributed by atoms with Crippen LogP contribution >= 0.6 is 0 Å². The molecule has 178 valence electrons. The maximum Gasteiger partial charge on any atom is 0.248 e. The lowest BCUT2D eigenvalue weighted by atomic mass is 10.1. The lowest BCUT2D eigenvalue weighted by molar-refractivity contribution is -0.128. The molecular weight excluding hydrogens is 408 g/mol. The van der Waals surface area contributed by atoms with Crippen molar-refractivity contribution in [2.75, 3.05) is 39.3 Å². The Balaban J connectivity index is 1.49. The Labute approximate surface area is 191 Å². The van der Waals surface area contributed by atoms with Crippen molar-refractivity contribution in [1.82, 2.24) is 20.4 Å². The van der Waals surface area contributed by atoms with Gasteiger partial charge in [0.1, 0.15) is 0 Å². The van der Waals surface area contributed by atoms with Gasteiger partial charge < -0.3 is 20.4 Å². The Bertz CT molecular complexity index is 686. The minimum absolute atomic E-state index is 0.0185. The van der Waals surface area contributed by atoms with Crippen LogP contribution < -0.4 is 10.6 Å². The molecule has 0 bridgehead atoms. The van der Waals surface area contributed by atoms with E-state index in [0.717, 1.165) is 25.7 Å². The molecule has 4 amide bonds. The highest BCUT2D eigenvalue weighted by Crippen LogP contribution is 2.19. The number of unbranched alkanes of at least 4 members (excludes halogenated alkanes) is 3. The number of carbonyl (C=O) groups excluding carboxylic acids is 4. The fraction of sp³-hybridized carbons (Fsp3) is 0.667. The van der Waals surface area contributed by atoms with Gasteiger partial charge in [0, 0.05) is 50.4 Å². The SMILES string of the molecule is C=C(C)C(=O)N1CCC(C(=O)NCCCCCCNC(=O)C2CCN(C(=O)C(=C)C)C2)C1. The molecule has 0 radical (unpaired) electrons. The highest BCUT2D eigenvalue weighted by Gasteiger charge is 2.31. The Hall–Kier alpha value is -2.64. The number of nitrogens with zero attached hydrogens (tertiary/aromatic N) is 2. The van der Waals surface area contributed by atoms with Gasteiger partial charge >= 0.3 is 0 Å². The smallest absolute Gasteiger partial charge is 0.248 e. The van der Waals surface area contributed by atoms with Crippen molar-refractivity contribution in [3.8, 4) is 0 Å². The molecule has 0 aromatic carbocycles. The van der Waals surface area contributed by atoms with Crippen LogP contribution in [0.1, 0.15) is 52.4 Å². The van der Waals surface area contributed by atoms with Gasteiger partial charge in [-0.15, -0.1) is 0 Å². The van der Waals surface area contributed by atoms with Crippen molar-refractivity contribution in [3.63, 3.8) is 0 Å². The summed E-state index contributed by atoms with van der Waals surface area (Å²) in [5.74, 6) is -0.373. The highest BCUT2D eigenvalue weighted by molar-refractivity contribution is 5.93. The van der Waals surface area contributed by atoms with Crippen molar-refractivity contribution in [2.24, 2.45) is 11.8 Å². The third kappa shape index (κ3) is 7.50. The molecule has 2 rings (SSSR count). The van der Waals surface area contributed by atoms with E-state index >= 15 is 0 Å². The van der Waals surface area contributed by atoms with Crippen molar-refractivity contribution in [1.29, 1.82) is 0 Å². The zero-order valence-corrected chi connectivity index (χ0v) is 19.6. The van der Waals surface area contributed by atoms with Crippen LogP contribution in [0.25, 0.3) is 0 Å². The second-order valence-corrected chi connectivity index (χ2v) is 9.03. The number of carbonyl (C=O) groups is 4. The van der Waals surface area contributed by atoms with E-state index in [-0.39, 0.29) is 35.5 Å². The molecule has 0 saturated carbocycles. The van der Waals surface area contributed by atoms with Gasteiger partial charge in [-0.3, -0.25) is 19.2 Å². The first-order valence-corrected chi connectivity index (χ1v) is 11.7. The second kappa shape index (κ2) is 12.4. The predicted octanol–water partition coefficient (Wildman–Crippen LogP) is 1.63. The zero-order chi connectivity index (χ0) is 23.7. The Morgan fingerprint density at radius 1 is 0.719 bits per heavy atom. The third-order valence-corrected chi connectivity index (χ3v) is 6.12.